The van der Waals surface area contributed by atoms with Gasteiger partial charge >= 0.3 is 0 Å². The molecule has 0 saturated heterocycles. The quantitative estimate of drug-likeness (QED) is 0.333. The van der Waals surface area contributed by atoms with Crippen LogP contribution in [-0.2, 0) is 0 Å². The van der Waals surface area contributed by atoms with E-state index in [0.29, 0.717) is 5.95 Å². The predicted molar refractivity (Wildman–Crippen MR) is 130 cm³/mol. The molecule has 0 aliphatic rings. The van der Waals surface area contributed by atoms with E-state index >= 15 is 0 Å². The van der Waals surface area contributed by atoms with Gasteiger partial charge in [-0.15, -0.1) is 0 Å². The molecule has 0 aliphatic heterocycles. The first-order valence-corrected chi connectivity index (χ1v) is 10.6. The van der Waals surface area contributed by atoms with Crippen molar-refractivity contribution in [3.8, 4) is 0 Å². The Morgan fingerprint density at radius 3 is 2.17 bits per heavy atom. The summed E-state index contributed by atoms with van der Waals surface area (Å²) in [7, 11) is 0. The third kappa shape index (κ3) is 6.88. The maximum absolute atomic E-state index is 4.57. The second kappa shape index (κ2) is 13.7. The van der Waals surface area contributed by atoms with E-state index in [1.807, 2.05) is 97.0 Å². The molecule has 0 radical (unpaired) electrons. The summed E-state index contributed by atoms with van der Waals surface area (Å²) in [5, 5.41) is 14.6. The highest BCUT2D eigenvalue weighted by Gasteiger charge is 2.06. The number of aromatic amines is 1. The maximum Gasteiger partial charge on any atom is 0.229 e. The summed E-state index contributed by atoms with van der Waals surface area (Å²) in [6.45, 7) is 14.0. The molecule has 0 fully saturated rings. The second-order valence-corrected chi connectivity index (χ2v) is 5.51. The fourth-order valence-corrected chi connectivity index (χ4v) is 2.43. The van der Waals surface area contributed by atoms with Crippen LogP contribution in [0, 0.1) is 6.92 Å². The number of rotatable bonds is 4. The van der Waals surface area contributed by atoms with Gasteiger partial charge in [-0.3, -0.25) is 5.10 Å². The van der Waals surface area contributed by atoms with Gasteiger partial charge in [0.1, 0.15) is 5.82 Å². The summed E-state index contributed by atoms with van der Waals surface area (Å²) >= 11 is 0. The monoisotopic (exact) mass is 406 g/mol. The molecule has 30 heavy (non-hydrogen) atoms. The average Bonchev–Trinajstić information content (AvgIpc) is 3.29. The van der Waals surface area contributed by atoms with Gasteiger partial charge in [0.15, 0.2) is 0 Å². The molecule has 6 nitrogen and oxygen atoms in total. The lowest BCUT2D eigenvalue weighted by Crippen LogP contribution is -2.02. The summed E-state index contributed by atoms with van der Waals surface area (Å²) in [4.78, 5) is 8.91. The van der Waals surface area contributed by atoms with E-state index < -0.39 is 0 Å². The van der Waals surface area contributed by atoms with E-state index in [2.05, 4.69) is 30.8 Å². The molecule has 0 saturated carbocycles. The first-order valence-electron chi connectivity index (χ1n) is 10.6. The number of hydrogen-bond acceptors (Lipinski definition) is 5. The average molecular weight is 407 g/mol. The van der Waals surface area contributed by atoms with Crippen molar-refractivity contribution in [1.29, 1.82) is 0 Å². The molecule has 2 aromatic carbocycles. The van der Waals surface area contributed by atoms with E-state index in [-0.39, 0.29) is 0 Å². The molecular weight excluding hydrogens is 372 g/mol. The van der Waals surface area contributed by atoms with E-state index in [1.54, 1.807) is 12.4 Å². The molecule has 4 rings (SSSR count). The molecule has 2 aromatic heterocycles. The fourth-order valence-electron chi connectivity index (χ4n) is 2.43. The molecule has 2 heterocycles. The van der Waals surface area contributed by atoms with Crippen molar-refractivity contribution in [2.24, 2.45) is 0 Å². The second-order valence-electron chi connectivity index (χ2n) is 5.51. The number of para-hydroxylation sites is 1. The minimum absolute atomic E-state index is 0.553. The van der Waals surface area contributed by atoms with Crippen LogP contribution in [0.3, 0.4) is 0 Å². The molecule has 4 aromatic rings. The van der Waals surface area contributed by atoms with Gasteiger partial charge in [0.2, 0.25) is 5.95 Å². The van der Waals surface area contributed by atoms with E-state index in [4.69, 9.17) is 0 Å². The van der Waals surface area contributed by atoms with Gasteiger partial charge < -0.3 is 10.6 Å². The summed E-state index contributed by atoms with van der Waals surface area (Å²) < 4.78 is 0. The van der Waals surface area contributed by atoms with Crippen LogP contribution in [0.4, 0.5) is 23.1 Å². The molecule has 3 N–H and O–H groups in total. The molecule has 6 heteroatoms. The minimum Gasteiger partial charge on any atom is -0.340 e. The number of H-pyrrole nitrogens is 1. The number of hydrogen-bond donors (Lipinski definition) is 3. The lowest BCUT2D eigenvalue weighted by Gasteiger charge is -2.11. The van der Waals surface area contributed by atoms with Crippen LogP contribution < -0.4 is 10.6 Å². The van der Waals surface area contributed by atoms with Crippen molar-refractivity contribution in [3.05, 3.63) is 66.5 Å². The Morgan fingerprint density at radius 2 is 1.47 bits per heavy atom. The molecule has 0 unspecified atom stereocenters. The Balaban J connectivity index is 0.000000691. The Morgan fingerprint density at radius 1 is 0.767 bits per heavy atom. The molecule has 0 amide bonds. The van der Waals surface area contributed by atoms with E-state index in [9.17, 15) is 0 Å². The van der Waals surface area contributed by atoms with Gasteiger partial charge in [0.25, 0.3) is 0 Å². The number of nitrogens with one attached hydrogen (secondary N) is 3. The van der Waals surface area contributed by atoms with Crippen LogP contribution in [0.1, 0.15) is 47.1 Å². The highest BCUT2D eigenvalue weighted by Crippen LogP contribution is 2.23. The van der Waals surface area contributed by atoms with Crippen molar-refractivity contribution in [1.82, 2.24) is 20.2 Å². The number of aromatic nitrogens is 4. The molecule has 0 aliphatic carbocycles. The lowest BCUT2D eigenvalue weighted by molar-refractivity contribution is 1.12. The van der Waals surface area contributed by atoms with Crippen molar-refractivity contribution in [2.45, 2.75) is 48.5 Å². The molecule has 0 atom stereocenters. The lowest BCUT2D eigenvalue weighted by atomic mass is 10.2. The zero-order chi connectivity index (χ0) is 22.4. The summed E-state index contributed by atoms with van der Waals surface area (Å²) in [5.74, 6) is 1.32. The number of benzene rings is 2. The number of fused-ring (bicyclic) bond motifs is 1. The highest BCUT2D eigenvalue weighted by molar-refractivity contribution is 5.82. The fraction of sp³-hybridized carbons (Fsp3) is 0.292. The van der Waals surface area contributed by atoms with Gasteiger partial charge in [-0.05, 0) is 37.3 Å². The van der Waals surface area contributed by atoms with Crippen molar-refractivity contribution in [3.63, 3.8) is 0 Å². The van der Waals surface area contributed by atoms with E-state index in [1.165, 1.54) is 0 Å². The first kappa shape index (κ1) is 24.6. The number of nitrogens with zero attached hydrogens (tertiary/aromatic N) is 3. The minimum atomic E-state index is 0.553. The Bertz CT molecular complexity index is 979. The van der Waals surface area contributed by atoms with Crippen LogP contribution in [0.5, 0.6) is 0 Å². The van der Waals surface area contributed by atoms with Crippen LogP contribution in [0.25, 0.3) is 10.9 Å². The summed E-state index contributed by atoms with van der Waals surface area (Å²) in [5.41, 5.74) is 3.85. The Hall–Kier alpha value is -3.41. The molecule has 0 bridgehead atoms. The number of anilines is 4. The van der Waals surface area contributed by atoms with Crippen molar-refractivity contribution < 1.29 is 0 Å². The third-order valence-electron chi connectivity index (χ3n) is 3.71. The van der Waals surface area contributed by atoms with Gasteiger partial charge in [0, 0.05) is 28.5 Å². The molecular formula is C24H34N6. The Labute approximate surface area is 180 Å². The number of aryl methyl sites for hydroxylation is 1. The zero-order valence-corrected chi connectivity index (χ0v) is 19.1. The van der Waals surface area contributed by atoms with Crippen molar-refractivity contribution >= 4 is 34.0 Å². The van der Waals surface area contributed by atoms with Gasteiger partial charge in [-0.1, -0.05) is 59.7 Å². The zero-order valence-electron chi connectivity index (χ0n) is 19.1. The molecule has 0 spiro atoms. The summed E-state index contributed by atoms with van der Waals surface area (Å²) in [6, 6.07) is 15.9. The first-order chi connectivity index (χ1) is 14.8. The third-order valence-corrected chi connectivity index (χ3v) is 3.71. The van der Waals surface area contributed by atoms with Crippen LogP contribution in [-0.4, -0.2) is 20.2 Å². The standard InChI is InChI=1S/C18H16N6.3C2H6/c1-12-10-19-18(22-14-5-3-2-4-6-14)23-17(12)21-15-8-7-13-11-20-24-16(13)9-15;3*1-2/h2-11H,1H3,(H,20,24)(H2,19,21,22,23);3*1-2H3. The van der Waals surface area contributed by atoms with Gasteiger partial charge in [0.05, 0.1) is 11.7 Å². The van der Waals surface area contributed by atoms with Gasteiger partial charge in [-0.2, -0.15) is 10.1 Å². The normalized spacial score (nSPS) is 9.17. The maximum atomic E-state index is 4.57. The van der Waals surface area contributed by atoms with Gasteiger partial charge in [-0.25, -0.2) is 4.98 Å². The SMILES string of the molecule is CC.CC.CC.Cc1cnc(Nc2ccccc2)nc1Nc1ccc2cn[nH]c2c1. The topological polar surface area (TPSA) is 78.5 Å². The predicted octanol–water partition coefficient (Wildman–Crippen LogP) is 7.23. The van der Waals surface area contributed by atoms with Crippen LogP contribution >= 0.6 is 0 Å². The van der Waals surface area contributed by atoms with Crippen LogP contribution in [0.2, 0.25) is 0 Å². The van der Waals surface area contributed by atoms with Crippen molar-refractivity contribution in [2.75, 3.05) is 10.6 Å². The highest BCUT2D eigenvalue weighted by atomic mass is 15.1. The summed E-state index contributed by atoms with van der Waals surface area (Å²) in [6.07, 6.45) is 3.60. The van der Waals surface area contributed by atoms with Crippen LogP contribution in [0.15, 0.2) is 60.9 Å². The smallest absolute Gasteiger partial charge is 0.229 e. The molecule has 160 valence electrons. The Kier molecular flexibility index (Phi) is 11.3. The van der Waals surface area contributed by atoms with E-state index in [0.717, 1.165) is 33.7 Å². The largest absolute Gasteiger partial charge is 0.340 e.